The molecule has 1 spiro atoms. The largest absolute Gasteiger partial charge is 0.367 e. The highest BCUT2D eigenvalue weighted by Crippen LogP contribution is 2.47. The third-order valence-corrected chi connectivity index (χ3v) is 5.12. The normalized spacial score (nSPS) is 21.6. The predicted molar refractivity (Wildman–Crippen MR) is 76.6 cm³/mol. The molecule has 20 heavy (non-hydrogen) atoms. The molecule has 0 amide bonds. The summed E-state index contributed by atoms with van der Waals surface area (Å²) in [6, 6.07) is 2.72. The summed E-state index contributed by atoms with van der Waals surface area (Å²) in [5.41, 5.74) is 6.55. The van der Waals surface area contributed by atoms with E-state index in [1.54, 1.807) is 0 Å². The molecule has 0 radical (unpaired) electrons. The Bertz CT molecular complexity index is 462. The lowest BCUT2D eigenvalue weighted by Gasteiger charge is -2.40. The second-order valence-electron chi connectivity index (χ2n) is 6.31. The number of nitrogens with two attached hydrogens (primary N) is 1. The number of nitrogens with zero attached hydrogens (tertiary/aromatic N) is 1. The van der Waals surface area contributed by atoms with Crippen LogP contribution < -0.4 is 10.6 Å². The molecule has 110 valence electrons. The van der Waals surface area contributed by atoms with Gasteiger partial charge in [-0.15, -0.1) is 0 Å². The summed E-state index contributed by atoms with van der Waals surface area (Å²) in [5.74, 6) is -0.958. The summed E-state index contributed by atoms with van der Waals surface area (Å²) in [4.78, 5) is 1.87. The average Bonchev–Trinajstić information content (AvgIpc) is 2.88. The first kappa shape index (κ1) is 13.8. The number of piperidine rings is 1. The monoisotopic (exact) mass is 280 g/mol. The Balaban J connectivity index is 1.78. The lowest BCUT2D eigenvalue weighted by Crippen LogP contribution is -2.39. The van der Waals surface area contributed by atoms with Crippen molar-refractivity contribution in [2.75, 3.05) is 18.0 Å². The lowest BCUT2D eigenvalue weighted by molar-refractivity contribution is 0.225. The maximum Gasteiger partial charge on any atom is 0.149 e. The second kappa shape index (κ2) is 5.32. The maximum atomic E-state index is 14.1. The van der Waals surface area contributed by atoms with Crippen LogP contribution in [-0.4, -0.2) is 13.1 Å². The molecule has 1 heterocycles. The molecular formula is C16H22F2N2. The topological polar surface area (TPSA) is 29.3 Å². The minimum atomic E-state index is -0.479. The molecule has 1 aromatic rings. The predicted octanol–water partition coefficient (Wildman–Crippen LogP) is 3.58. The zero-order valence-corrected chi connectivity index (χ0v) is 11.8. The first-order chi connectivity index (χ1) is 9.63. The van der Waals surface area contributed by atoms with Crippen LogP contribution in [0.1, 0.15) is 44.1 Å². The summed E-state index contributed by atoms with van der Waals surface area (Å²) >= 11 is 0. The summed E-state index contributed by atoms with van der Waals surface area (Å²) in [7, 11) is 0. The Kier molecular flexibility index (Phi) is 3.67. The molecule has 2 N–H and O–H groups in total. The molecule has 1 saturated heterocycles. The van der Waals surface area contributed by atoms with E-state index in [4.69, 9.17) is 5.73 Å². The van der Waals surface area contributed by atoms with Crippen LogP contribution in [0, 0.1) is 17.0 Å². The van der Waals surface area contributed by atoms with Crippen LogP contribution in [-0.2, 0) is 6.54 Å². The molecule has 0 atom stereocenters. The van der Waals surface area contributed by atoms with Gasteiger partial charge >= 0.3 is 0 Å². The van der Waals surface area contributed by atoms with Crippen LogP contribution in [0.25, 0.3) is 0 Å². The smallest absolute Gasteiger partial charge is 0.149 e. The van der Waals surface area contributed by atoms with E-state index in [0.717, 1.165) is 25.9 Å². The zero-order chi connectivity index (χ0) is 14.2. The van der Waals surface area contributed by atoms with Gasteiger partial charge in [0.15, 0.2) is 0 Å². The van der Waals surface area contributed by atoms with Crippen molar-refractivity contribution in [3.8, 4) is 0 Å². The van der Waals surface area contributed by atoms with Crippen molar-refractivity contribution in [1.82, 2.24) is 0 Å². The van der Waals surface area contributed by atoms with Crippen LogP contribution in [0.2, 0.25) is 0 Å². The van der Waals surface area contributed by atoms with Crippen LogP contribution >= 0.6 is 0 Å². The summed E-state index contributed by atoms with van der Waals surface area (Å²) < 4.78 is 28.2. The van der Waals surface area contributed by atoms with Gasteiger partial charge in [-0.1, -0.05) is 12.8 Å². The lowest BCUT2D eigenvalue weighted by atomic mass is 9.77. The van der Waals surface area contributed by atoms with E-state index in [1.165, 1.54) is 37.8 Å². The number of halogens is 2. The average molecular weight is 280 g/mol. The Hall–Kier alpha value is -1.16. The zero-order valence-electron chi connectivity index (χ0n) is 11.8. The molecule has 1 saturated carbocycles. The van der Waals surface area contributed by atoms with E-state index in [1.807, 2.05) is 4.90 Å². The fourth-order valence-corrected chi connectivity index (χ4v) is 3.87. The highest BCUT2D eigenvalue weighted by atomic mass is 19.1. The van der Waals surface area contributed by atoms with Crippen LogP contribution in [0.3, 0.4) is 0 Å². The molecule has 1 aliphatic carbocycles. The molecule has 0 unspecified atom stereocenters. The van der Waals surface area contributed by atoms with Crippen molar-refractivity contribution >= 4 is 5.69 Å². The SMILES string of the molecule is NCc1cc(F)c(N2CCC3(CCCC3)CC2)c(F)c1. The van der Waals surface area contributed by atoms with Crippen LogP contribution in [0.15, 0.2) is 12.1 Å². The van der Waals surface area contributed by atoms with Gasteiger partial charge in [-0.25, -0.2) is 8.78 Å². The third kappa shape index (κ3) is 2.41. The van der Waals surface area contributed by atoms with Crippen molar-refractivity contribution < 1.29 is 8.78 Å². The molecular weight excluding hydrogens is 258 g/mol. The fraction of sp³-hybridized carbons (Fsp3) is 0.625. The van der Waals surface area contributed by atoms with Gasteiger partial charge in [0.1, 0.15) is 17.3 Å². The number of hydrogen-bond acceptors (Lipinski definition) is 2. The number of rotatable bonds is 2. The van der Waals surface area contributed by atoms with Crippen molar-refractivity contribution in [3.63, 3.8) is 0 Å². The van der Waals surface area contributed by atoms with E-state index in [2.05, 4.69) is 0 Å². The van der Waals surface area contributed by atoms with Gasteiger partial charge in [0, 0.05) is 19.6 Å². The maximum absolute atomic E-state index is 14.1. The van der Waals surface area contributed by atoms with E-state index in [9.17, 15) is 8.78 Å². The summed E-state index contributed by atoms with van der Waals surface area (Å²) in [5, 5.41) is 0. The Morgan fingerprint density at radius 1 is 1.00 bits per heavy atom. The van der Waals surface area contributed by atoms with Crippen LogP contribution in [0.4, 0.5) is 14.5 Å². The molecule has 1 aliphatic heterocycles. The molecule has 1 aromatic carbocycles. The van der Waals surface area contributed by atoms with Gasteiger partial charge in [-0.2, -0.15) is 0 Å². The Morgan fingerprint density at radius 2 is 1.55 bits per heavy atom. The van der Waals surface area contributed by atoms with Gasteiger partial charge in [0.25, 0.3) is 0 Å². The summed E-state index contributed by atoms with van der Waals surface area (Å²) in [6.07, 6.45) is 7.33. The van der Waals surface area contributed by atoms with Crippen molar-refractivity contribution in [3.05, 3.63) is 29.3 Å². The van der Waals surface area contributed by atoms with Gasteiger partial charge in [-0.05, 0) is 48.8 Å². The number of anilines is 1. The molecule has 2 nitrogen and oxygen atoms in total. The molecule has 2 aliphatic rings. The highest BCUT2D eigenvalue weighted by molar-refractivity contribution is 5.51. The van der Waals surface area contributed by atoms with Crippen molar-refractivity contribution in [2.45, 2.75) is 45.1 Å². The molecule has 0 aromatic heterocycles. The molecule has 3 rings (SSSR count). The van der Waals surface area contributed by atoms with E-state index < -0.39 is 11.6 Å². The van der Waals surface area contributed by atoms with Gasteiger partial charge < -0.3 is 10.6 Å². The van der Waals surface area contributed by atoms with E-state index >= 15 is 0 Å². The number of benzene rings is 1. The Morgan fingerprint density at radius 3 is 2.05 bits per heavy atom. The van der Waals surface area contributed by atoms with E-state index in [0.29, 0.717) is 11.0 Å². The quantitative estimate of drug-likeness (QED) is 0.897. The van der Waals surface area contributed by atoms with Crippen LogP contribution in [0.5, 0.6) is 0 Å². The fourth-order valence-electron chi connectivity index (χ4n) is 3.87. The molecule has 0 bridgehead atoms. The molecule has 4 heteroatoms. The summed E-state index contributed by atoms with van der Waals surface area (Å²) in [6.45, 7) is 1.68. The Labute approximate surface area is 118 Å². The first-order valence-corrected chi connectivity index (χ1v) is 7.56. The van der Waals surface area contributed by atoms with Gasteiger partial charge in [-0.3, -0.25) is 0 Å². The van der Waals surface area contributed by atoms with Gasteiger partial charge in [0.05, 0.1) is 0 Å². The minimum absolute atomic E-state index is 0.134. The second-order valence-corrected chi connectivity index (χ2v) is 6.31. The minimum Gasteiger partial charge on any atom is -0.367 e. The van der Waals surface area contributed by atoms with Crippen molar-refractivity contribution in [1.29, 1.82) is 0 Å². The standard InChI is InChI=1S/C16H22F2N2/c17-13-9-12(11-19)10-14(18)15(13)20-7-5-16(6-8-20)3-1-2-4-16/h9-10H,1-8,11,19H2. The van der Waals surface area contributed by atoms with Crippen molar-refractivity contribution in [2.24, 2.45) is 11.1 Å². The molecule has 2 fully saturated rings. The number of hydrogen-bond donors (Lipinski definition) is 1. The first-order valence-electron chi connectivity index (χ1n) is 7.56. The van der Waals surface area contributed by atoms with E-state index in [-0.39, 0.29) is 12.2 Å². The third-order valence-electron chi connectivity index (χ3n) is 5.12. The van der Waals surface area contributed by atoms with Gasteiger partial charge in [0.2, 0.25) is 0 Å². The highest BCUT2D eigenvalue weighted by Gasteiger charge is 2.37.